The van der Waals surface area contributed by atoms with E-state index in [2.05, 4.69) is 22.0 Å². The number of nitrogens with zero attached hydrogens (tertiary/aromatic N) is 4. The molecule has 8 heteroatoms. The Balaban J connectivity index is 1.67. The second-order valence-electron chi connectivity index (χ2n) is 6.63. The summed E-state index contributed by atoms with van der Waals surface area (Å²) in [4.78, 5) is 21.9. The largest absolute Gasteiger partial charge is 0.490 e. The summed E-state index contributed by atoms with van der Waals surface area (Å²) in [6, 6.07) is 9.37. The molecule has 0 N–H and O–H groups in total. The highest BCUT2D eigenvalue weighted by Crippen LogP contribution is 2.29. The second kappa shape index (κ2) is 9.04. The molecule has 0 aliphatic rings. The van der Waals surface area contributed by atoms with Crippen LogP contribution in [-0.4, -0.2) is 32.8 Å². The normalized spacial score (nSPS) is 11.9. The molecule has 3 heterocycles. The Morgan fingerprint density at radius 2 is 2.07 bits per heavy atom. The van der Waals surface area contributed by atoms with Crippen LogP contribution in [0.5, 0.6) is 11.5 Å². The van der Waals surface area contributed by atoms with Crippen LogP contribution in [0.2, 0.25) is 0 Å². The van der Waals surface area contributed by atoms with Crippen LogP contribution in [0.25, 0.3) is 22.4 Å². The van der Waals surface area contributed by atoms with Crippen LogP contribution in [0.1, 0.15) is 32.3 Å². The maximum Gasteiger partial charge on any atom is 0.291 e. The average Bonchev–Trinajstić information content (AvgIpc) is 3.30. The lowest BCUT2D eigenvalue weighted by Gasteiger charge is -2.12. The number of thiazole rings is 1. The summed E-state index contributed by atoms with van der Waals surface area (Å²) < 4.78 is 13.4. The molecule has 0 amide bonds. The van der Waals surface area contributed by atoms with Crippen molar-refractivity contribution in [1.82, 2.24) is 19.6 Å². The quantitative estimate of drug-likeness (QED) is 0.405. The van der Waals surface area contributed by atoms with Crippen LogP contribution in [0, 0.1) is 0 Å². The standard InChI is InChI=1S/C22H22N4O3S/c1-3-5-11-29-17-9-8-15(12-18(17)28-4-2)13-19-21(27)26-22(30-19)24-20(25-26)16-7-6-10-23-14-16/h6-10,12-14H,3-5,11H2,1-2H3/b19-13+. The Labute approximate surface area is 177 Å². The van der Waals surface area contributed by atoms with Gasteiger partial charge in [-0.15, -0.1) is 5.10 Å². The monoisotopic (exact) mass is 422 g/mol. The van der Waals surface area contributed by atoms with E-state index in [1.54, 1.807) is 12.4 Å². The number of rotatable bonds is 8. The summed E-state index contributed by atoms with van der Waals surface area (Å²) in [5, 5.41) is 4.35. The molecular weight excluding hydrogens is 400 g/mol. The number of fused-ring (bicyclic) bond motifs is 1. The van der Waals surface area contributed by atoms with Crippen LogP contribution in [0.15, 0.2) is 47.5 Å². The first kappa shape index (κ1) is 20.0. The number of pyridine rings is 1. The zero-order chi connectivity index (χ0) is 20.9. The molecule has 4 rings (SSSR count). The molecule has 0 spiro atoms. The third-order valence-electron chi connectivity index (χ3n) is 4.42. The SMILES string of the molecule is CCCCOc1ccc(/C=c2/sc3nc(-c4cccnc4)nn3c2=O)cc1OCC. The van der Waals surface area contributed by atoms with Crippen LogP contribution in [-0.2, 0) is 0 Å². The van der Waals surface area contributed by atoms with Crippen molar-refractivity contribution in [3.63, 3.8) is 0 Å². The molecule has 154 valence electrons. The number of unbranched alkanes of at least 4 members (excludes halogenated alkanes) is 1. The van der Waals surface area contributed by atoms with E-state index in [1.807, 2.05) is 43.3 Å². The minimum Gasteiger partial charge on any atom is -0.490 e. The zero-order valence-electron chi connectivity index (χ0n) is 16.9. The van der Waals surface area contributed by atoms with Gasteiger partial charge < -0.3 is 9.47 Å². The van der Waals surface area contributed by atoms with E-state index in [-0.39, 0.29) is 5.56 Å². The number of aromatic nitrogens is 4. The lowest BCUT2D eigenvalue weighted by atomic mass is 10.2. The summed E-state index contributed by atoms with van der Waals surface area (Å²) >= 11 is 1.30. The molecule has 0 aliphatic carbocycles. The third kappa shape index (κ3) is 4.18. The van der Waals surface area contributed by atoms with Gasteiger partial charge in [0.15, 0.2) is 17.3 Å². The fourth-order valence-electron chi connectivity index (χ4n) is 2.93. The predicted molar refractivity (Wildman–Crippen MR) is 117 cm³/mol. The molecular formula is C22H22N4O3S. The molecule has 0 fully saturated rings. The van der Waals surface area contributed by atoms with Crippen molar-refractivity contribution >= 4 is 22.4 Å². The highest BCUT2D eigenvalue weighted by Gasteiger charge is 2.12. The van der Waals surface area contributed by atoms with Crippen LogP contribution in [0.3, 0.4) is 0 Å². The highest BCUT2D eigenvalue weighted by molar-refractivity contribution is 7.15. The smallest absolute Gasteiger partial charge is 0.291 e. The van der Waals surface area contributed by atoms with Crippen molar-refractivity contribution in [2.45, 2.75) is 26.7 Å². The van der Waals surface area contributed by atoms with Gasteiger partial charge in [0.1, 0.15) is 0 Å². The summed E-state index contributed by atoms with van der Waals surface area (Å²) in [6.07, 6.45) is 7.24. The van der Waals surface area contributed by atoms with Crippen LogP contribution in [0.4, 0.5) is 0 Å². The highest BCUT2D eigenvalue weighted by atomic mass is 32.1. The topological polar surface area (TPSA) is 78.6 Å². The second-order valence-corrected chi connectivity index (χ2v) is 7.64. The van der Waals surface area contributed by atoms with E-state index < -0.39 is 0 Å². The summed E-state index contributed by atoms with van der Waals surface area (Å²) in [7, 11) is 0. The third-order valence-corrected chi connectivity index (χ3v) is 5.38. The molecule has 4 aromatic rings. The van der Waals surface area contributed by atoms with Crippen molar-refractivity contribution in [2.24, 2.45) is 0 Å². The van der Waals surface area contributed by atoms with Gasteiger partial charge in [-0.1, -0.05) is 30.7 Å². The molecule has 0 bridgehead atoms. The molecule has 1 aromatic carbocycles. The van der Waals surface area contributed by atoms with Gasteiger partial charge in [0.2, 0.25) is 4.96 Å². The van der Waals surface area contributed by atoms with E-state index in [0.29, 0.717) is 40.0 Å². The Morgan fingerprint density at radius 3 is 2.80 bits per heavy atom. The fourth-order valence-corrected chi connectivity index (χ4v) is 3.84. The van der Waals surface area contributed by atoms with Crippen molar-refractivity contribution in [3.8, 4) is 22.9 Å². The summed E-state index contributed by atoms with van der Waals surface area (Å²) in [5.74, 6) is 1.88. The lowest BCUT2D eigenvalue weighted by molar-refractivity contribution is 0.272. The maximum absolute atomic E-state index is 12.8. The molecule has 30 heavy (non-hydrogen) atoms. The fraction of sp³-hybridized carbons (Fsp3) is 0.273. The van der Waals surface area contributed by atoms with Gasteiger partial charge in [-0.3, -0.25) is 9.78 Å². The number of hydrogen-bond donors (Lipinski definition) is 0. The van der Waals surface area contributed by atoms with Crippen molar-refractivity contribution in [1.29, 1.82) is 0 Å². The average molecular weight is 423 g/mol. The van der Waals surface area contributed by atoms with Gasteiger partial charge in [0.25, 0.3) is 5.56 Å². The predicted octanol–water partition coefficient (Wildman–Crippen LogP) is 3.34. The summed E-state index contributed by atoms with van der Waals surface area (Å²) in [5.41, 5.74) is 1.44. The zero-order valence-corrected chi connectivity index (χ0v) is 17.7. The van der Waals surface area contributed by atoms with E-state index in [0.717, 1.165) is 24.0 Å². The van der Waals surface area contributed by atoms with Gasteiger partial charge in [-0.05, 0) is 49.2 Å². The molecule has 7 nitrogen and oxygen atoms in total. The minimum atomic E-state index is -0.195. The Hall–Kier alpha value is -3.26. The van der Waals surface area contributed by atoms with Gasteiger partial charge in [0.05, 0.1) is 17.7 Å². The molecule has 0 saturated carbocycles. The Bertz CT molecular complexity index is 1250. The van der Waals surface area contributed by atoms with Gasteiger partial charge >= 0.3 is 0 Å². The van der Waals surface area contributed by atoms with Crippen LogP contribution < -0.4 is 19.6 Å². The van der Waals surface area contributed by atoms with Gasteiger partial charge in [0, 0.05) is 18.0 Å². The van der Waals surface area contributed by atoms with E-state index in [9.17, 15) is 4.79 Å². The molecule has 0 radical (unpaired) electrons. The van der Waals surface area contributed by atoms with Crippen molar-refractivity contribution in [2.75, 3.05) is 13.2 Å². The Morgan fingerprint density at radius 1 is 1.17 bits per heavy atom. The Kier molecular flexibility index (Phi) is 6.04. The summed E-state index contributed by atoms with van der Waals surface area (Å²) in [6.45, 7) is 5.24. The van der Waals surface area contributed by atoms with Gasteiger partial charge in [-0.25, -0.2) is 0 Å². The molecule has 0 atom stereocenters. The van der Waals surface area contributed by atoms with Crippen molar-refractivity contribution < 1.29 is 9.47 Å². The number of ether oxygens (including phenoxy) is 2. The minimum absolute atomic E-state index is 0.195. The maximum atomic E-state index is 12.8. The molecule has 0 unspecified atom stereocenters. The van der Waals surface area contributed by atoms with Crippen molar-refractivity contribution in [3.05, 3.63) is 63.2 Å². The van der Waals surface area contributed by atoms with E-state index in [1.165, 1.54) is 15.9 Å². The number of hydrogen-bond acceptors (Lipinski definition) is 7. The lowest BCUT2D eigenvalue weighted by Crippen LogP contribution is -2.23. The first-order valence-electron chi connectivity index (χ1n) is 9.91. The van der Waals surface area contributed by atoms with Crippen LogP contribution >= 0.6 is 11.3 Å². The molecule has 0 saturated heterocycles. The first-order chi connectivity index (χ1) is 14.7. The van der Waals surface area contributed by atoms with Gasteiger partial charge in [-0.2, -0.15) is 9.50 Å². The van der Waals surface area contributed by atoms with E-state index in [4.69, 9.17) is 9.47 Å². The number of benzene rings is 1. The van der Waals surface area contributed by atoms with E-state index >= 15 is 0 Å². The first-order valence-corrected chi connectivity index (χ1v) is 10.7. The molecule has 0 aliphatic heterocycles. The molecule has 3 aromatic heterocycles.